The SMILES string of the molecule is COc1cc(C(C)=O)ccc1OC[C@@H](O)C[NH+]1CCN(c2ccc(C)c(C)c2)CC1. The summed E-state index contributed by atoms with van der Waals surface area (Å²) in [7, 11) is 1.54. The fraction of sp³-hybridized carbons (Fsp3) is 0.458. The summed E-state index contributed by atoms with van der Waals surface area (Å²) < 4.78 is 11.1. The highest BCUT2D eigenvalue weighted by atomic mass is 16.5. The van der Waals surface area contributed by atoms with E-state index in [4.69, 9.17) is 9.47 Å². The number of ketones is 1. The highest BCUT2D eigenvalue weighted by Crippen LogP contribution is 2.28. The Labute approximate surface area is 179 Å². The van der Waals surface area contributed by atoms with Gasteiger partial charge in [0.15, 0.2) is 17.3 Å². The molecule has 1 aliphatic heterocycles. The number of ether oxygens (including phenoxy) is 2. The number of nitrogens with zero attached hydrogens (tertiary/aromatic N) is 1. The number of aryl methyl sites for hydroxylation is 2. The molecule has 0 radical (unpaired) electrons. The molecule has 0 unspecified atom stereocenters. The van der Waals surface area contributed by atoms with Crippen molar-refractivity contribution < 1.29 is 24.3 Å². The highest BCUT2D eigenvalue weighted by molar-refractivity contribution is 5.94. The van der Waals surface area contributed by atoms with Crippen LogP contribution in [0.1, 0.15) is 28.4 Å². The van der Waals surface area contributed by atoms with Crippen molar-refractivity contribution in [3.05, 3.63) is 53.1 Å². The third-order valence-electron chi connectivity index (χ3n) is 5.85. The second-order valence-electron chi connectivity index (χ2n) is 8.10. The number of aliphatic hydroxyl groups excluding tert-OH is 1. The quantitative estimate of drug-likeness (QED) is 0.645. The van der Waals surface area contributed by atoms with Crippen LogP contribution in [0.15, 0.2) is 36.4 Å². The molecule has 0 spiro atoms. The lowest BCUT2D eigenvalue weighted by Gasteiger charge is -2.34. The summed E-state index contributed by atoms with van der Waals surface area (Å²) in [6.07, 6.45) is -0.564. The van der Waals surface area contributed by atoms with Crippen LogP contribution in [0.25, 0.3) is 0 Å². The molecule has 0 saturated carbocycles. The molecule has 0 aliphatic carbocycles. The van der Waals surface area contributed by atoms with Gasteiger partial charge in [0.1, 0.15) is 19.3 Å². The van der Waals surface area contributed by atoms with Gasteiger partial charge in [0, 0.05) is 11.3 Å². The normalized spacial score (nSPS) is 15.7. The van der Waals surface area contributed by atoms with Crippen molar-refractivity contribution in [3.8, 4) is 11.5 Å². The Morgan fingerprint density at radius 2 is 1.83 bits per heavy atom. The number of hydrogen-bond acceptors (Lipinski definition) is 5. The van der Waals surface area contributed by atoms with E-state index >= 15 is 0 Å². The molecule has 1 heterocycles. The lowest BCUT2D eigenvalue weighted by molar-refractivity contribution is -0.903. The van der Waals surface area contributed by atoms with Crippen LogP contribution in [0.4, 0.5) is 5.69 Å². The maximum absolute atomic E-state index is 11.5. The molecule has 1 fully saturated rings. The van der Waals surface area contributed by atoms with Crippen LogP contribution in [0.5, 0.6) is 11.5 Å². The number of hydrogen-bond donors (Lipinski definition) is 2. The van der Waals surface area contributed by atoms with E-state index in [1.807, 2.05) is 0 Å². The third kappa shape index (κ3) is 5.52. The van der Waals surface area contributed by atoms with Gasteiger partial charge in [-0.25, -0.2) is 0 Å². The Balaban J connectivity index is 1.47. The van der Waals surface area contributed by atoms with E-state index in [1.54, 1.807) is 25.3 Å². The topological polar surface area (TPSA) is 63.4 Å². The van der Waals surface area contributed by atoms with Crippen LogP contribution in [0.2, 0.25) is 0 Å². The van der Waals surface area contributed by atoms with Gasteiger partial charge in [0.2, 0.25) is 0 Å². The van der Waals surface area contributed by atoms with Gasteiger partial charge in [0.25, 0.3) is 0 Å². The molecule has 1 aliphatic rings. The van der Waals surface area contributed by atoms with E-state index in [2.05, 4.69) is 36.9 Å². The molecular weight excluding hydrogens is 380 g/mol. The van der Waals surface area contributed by atoms with Gasteiger partial charge in [0.05, 0.1) is 33.3 Å². The van der Waals surface area contributed by atoms with Crippen molar-refractivity contribution >= 4 is 11.5 Å². The molecule has 0 amide bonds. The molecule has 1 saturated heterocycles. The maximum Gasteiger partial charge on any atom is 0.161 e. The minimum atomic E-state index is -0.564. The molecule has 6 heteroatoms. The van der Waals surface area contributed by atoms with Crippen molar-refractivity contribution in [2.45, 2.75) is 26.9 Å². The number of aliphatic hydroxyl groups is 1. The van der Waals surface area contributed by atoms with Gasteiger partial charge in [-0.15, -0.1) is 0 Å². The summed E-state index contributed by atoms with van der Waals surface area (Å²) in [6.45, 7) is 10.6. The van der Waals surface area contributed by atoms with E-state index in [-0.39, 0.29) is 12.4 Å². The lowest BCUT2D eigenvalue weighted by Crippen LogP contribution is -3.16. The van der Waals surface area contributed by atoms with Crippen LogP contribution in [0, 0.1) is 13.8 Å². The third-order valence-corrected chi connectivity index (χ3v) is 5.85. The molecule has 0 aromatic heterocycles. The molecule has 162 valence electrons. The summed E-state index contributed by atoms with van der Waals surface area (Å²) in [5.41, 5.74) is 4.49. The van der Waals surface area contributed by atoms with Crippen LogP contribution in [0.3, 0.4) is 0 Å². The zero-order valence-electron chi connectivity index (χ0n) is 18.4. The fourth-order valence-electron chi connectivity index (χ4n) is 3.79. The van der Waals surface area contributed by atoms with Gasteiger partial charge in [-0.05, 0) is 62.2 Å². The first-order chi connectivity index (χ1) is 14.4. The van der Waals surface area contributed by atoms with E-state index in [0.29, 0.717) is 23.6 Å². The largest absolute Gasteiger partial charge is 0.493 e. The molecular formula is C24H33N2O4+. The van der Waals surface area contributed by atoms with Gasteiger partial charge in [-0.2, -0.15) is 0 Å². The molecule has 0 bridgehead atoms. The molecule has 2 aromatic carbocycles. The maximum atomic E-state index is 11.5. The molecule has 3 rings (SSSR count). The summed E-state index contributed by atoms with van der Waals surface area (Å²) in [5, 5.41) is 10.5. The second kappa shape index (κ2) is 9.96. The second-order valence-corrected chi connectivity index (χ2v) is 8.10. The zero-order valence-corrected chi connectivity index (χ0v) is 18.4. The van der Waals surface area contributed by atoms with Gasteiger partial charge in [-0.3, -0.25) is 4.79 Å². The summed E-state index contributed by atoms with van der Waals surface area (Å²) >= 11 is 0. The minimum absolute atomic E-state index is 0.0246. The van der Waals surface area contributed by atoms with Crippen molar-refractivity contribution in [3.63, 3.8) is 0 Å². The van der Waals surface area contributed by atoms with Crippen molar-refractivity contribution in [2.24, 2.45) is 0 Å². The lowest BCUT2D eigenvalue weighted by atomic mass is 10.1. The predicted octanol–water partition coefficient (Wildman–Crippen LogP) is 1.66. The van der Waals surface area contributed by atoms with Crippen LogP contribution < -0.4 is 19.3 Å². The van der Waals surface area contributed by atoms with Gasteiger partial charge in [-0.1, -0.05) is 6.07 Å². The number of benzene rings is 2. The smallest absolute Gasteiger partial charge is 0.161 e. The van der Waals surface area contributed by atoms with E-state index in [9.17, 15) is 9.90 Å². The number of methoxy groups -OCH3 is 1. The number of quaternary nitrogens is 1. The number of anilines is 1. The summed E-state index contributed by atoms with van der Waals surface area (Å²) in [5.74, 6) is 1.02. The van der Waals surface area contributed by atoms with Crippen LogP contribution in [-0.2, 0) is 0 Å². The number of nitrogens with one attached hydrogen (secondary N) is 1. The first-order valence-corrected chi connectivity index (χ1v) is 10.5. The van der Waals surface area contributed by atoms with E-state index < -0.39 is 6.10 Å². The Morgan fingerprint density at radius 1 is 1.10 bits per heavy atom. The molecule has 6 nitrogen and oxygen atoms in total. The summed E-state index contributed by atoms with van der Waals surface area (Å²) in [4.78, 5) is 15.3. The number of Topliss-reactive ketones (excluding diaryl/α,β-unsaturated/α-hetero) is 1. The Morgan fingerprint density at radius 3 is 2.47 bits per heavy atom. The predicted molar refractivity (Wildman–Crippen MR) is 118 cm³/mol. The van der Waals surface area contributed by atoms with E-state index in [0.717, 1.165) is 26.2 Å². The Hall–Kier alpha value is -2.57. The Bertz CT molecular complexity index is 876. The number of piperazine rings is 1. The average molecular weight is 414 g/mol. The number of carbonyl (C=O) groups is 1. The van der Waals surface area contributed by atoms with E-state index in [1.165, 1.54) is 28.6 Å². The number of carbonyl (C=O) groups excluding carboxylic acids is 1. The standard InChI is InChI=1S/C24H32N2O4/c1-17-5-7-21(13-18(17)2)26-11-9-25(10-12-26)15-22(28)16-30-23-8-6-20(19(3)27)14-24(23)29-4/h5-8,13-14,22,28H,9-12,15-16H2,1-4H3/p+1/t22-/m0/s1. The van der Waals surface area contributed by atoms with Crippen molar-refractivity contribution in [2.75, 3.05) is 51.3 Å². The molecule has 2 aromatic rings. The van der Waals surface area contributed by atoms with Crippen molar-refractivity contribution in [1.82, 2.24) is 0 Å². The fourth-order valence-corrected chi connectivity index (χ4v) is 3.79. The average Bonchev–Trinajstić information content (AvgIpc) is 2.74. The Kier molecular flexibility index (Phi) is 7.34. The van der Waals surface area contributed by atoms with Gasteiger partial charge >= 0.3 is 0 Å². The minimum Gasteiger partial charge on any atom is -0.493 e. The molecule has 1 atom stereocenters. The van der Waals surface area contributed by atoms with Crippen molar-refractivity contribution in [1.29, 1.82) is 0 Å². The zero-order chi connectivity index (χ0) is 21.7. The molecule has 30 heavy (non-hydrogen) atoms. The monoisotopic (exact) mass is 413 g/mol. The van der Waals surface area contributed by atoms with Crippen LogP contribution in [-0.4, -0.2) is 63.4 Å². The molecule has 2 N–H and O–H groups in total. The number of rotatable bonds is 8. The van der Waals surface area contributed by atoms with Crippen LogP contribution >= 0.6 is 0 Å². The highest BCUT2D eigenvalue weighted by Gasteiger charge is 2.23. The van der Waals surface area contributed by atoms with Gasteiger partial charge < -0.3 is 24.4 Å². The first kappa shape index (κ1) is 22.1. The summed E-state index contributed by atoms with van der Waals surface area (Å²) in [6, 6.07) is 11.7. The first-order valence-electron chi connectivity index (χ1n) is 10.5.